The molecule has 144 valence electrons. The predicted molar refractivity (Wildman–Crippen MR) is 108 cm³/mol. The Morgan fingerprint density at radius 2 is 1.74 bits per heavy atom. The molecule has 1 saturated heterocycles. The van der Waals surface area contributed by atoms with Crippen LogP contribution in [-0.2, 0) is 16.9 Å². The Kier molecular flexibility index (Phi) is 5.62. The molecule has 1 aromatic heterocycles. The van der Waals surface area contributed by atoms with Crippen molar-refractivity contribution < 1.29 is 9.90 Å². The van der Waals surface area contributed by atoms with Crippen molar-refractivity contribution in [2.75, 3.05) is 26.2 Å². The average molecular weight is 385 g/mol. The summed E-state index contributed by atoms with van der Waals surface area (Å²) in [6.07, 6.45) is 4.05. The fraction of sp³-hybridized carbons (Fsp3) is 0.500. The summed E-state index contributed by atoms with van der Waals surface area (Å²) in [6.45, 7) is 4.04. The first-order chi connectivity index (χ1) is 13.2. The summed E-state index contributed by atoms with van der Waals surface area (Å²) >= 11 is 1.78. The molecule has 0 bridgehead atoms. The first kappa shape index (κ1) is 18.7. The van der Waals surface area contributed by atoms with E-state index < -0.39 is 5.60 Å². The van der Waals surface area contributed by atoms with Crippen LogP contribution in [0.5, 0.6) is 0 Å². The largest absolute Gasteiger partial charge is 0.375 e. The molecule has 2 heterocycles. The van der Waals surface area contributed by atoms with Crippen molar-refractivity contribution in [3.63, 3.8) is 0 Å². The molecular formula is C22H28N2O2S. The number of thiophene rings is 1. The van der Waals surface area contributed by atoms with E-state index in [-0.39, 0.29) is 11.8 Å². The topological polar surface area (TPSA) is 43.8 Å². The van der Waals surface area contributed by atoms with Crippen LogP contribution in [0.15, 0.2) is 47.8 Å². The summed E-state index contributed by atoms with van der Waals surface area (Å²) in [6, 6.07) is 13.8. The monoisotopic (exact) mass is 384 g/mol. The number of carbonyl (C=O) groups is 1. The number of benzene rings is 1. The van der Waals surface area contributed by atoms with Gasteiger partial charge in [-0.25, -0.2) is 0 Å². The molecule has 1 saturated carbocycles. The molecule has 27 heavy (non-hydrogen) atoms. The second kappa shape index (κ2) is 8.13. The van der Waals surface area contributed by atoms with E-state index in [4.69, 9.17) is 0 Å². The lowest BCUT2D eigenvalue weighted by molar-refractivity contribution is -0.161. The highest BCUT2D eigenvalue weighted by Crippen LogP contribution is 2.42. The highest BCUT2D eigenvalue weighted by Gasteiger charge is 2.48. The third-order valence-corrected chi connectivity index (χ3v) is 6.97. The van der Waals surface area contributed by atoms with Gasteiger partial charge in [0.15, 0.2) is 5.60 Å². The molecule has 0 unspecified atom stereocenters. The number of piperazine rings is 1. The zero-order valence-electron chi connectivity index (χ0n) is 15.7. The van der Waals surface area contributed by atoms with Crippen LogP contribution in [0.2, 0.25) is 0 Å². The smallest absolute Gasteiger partial charge is 0.259 e. The Morgan fingerprint density at radius 3 is 2.37 bits per heavy atom. The number of rotatable bonds is 5. The van der Waals surface area contributed by atoms with Crippen LogP contribution in [0, 0.1) is 5.92 Å². The van der Waals surface area contributed by atoms with Gasteiger partial charge in [-0.2, -0.15) is 0 Å². The maximum atomic E-state index is 13.5. The number of hydrogen-bond donors (Lipinski definition) is 1. The third-order valence-electron chi connectivity index (χ3n) is 6.10. The van der Waals surface area contributed by atoms with Crippen molar-refractivity contribution in [2.24, 2.45) is 5.92 Å². The Morgan fingerprint density at radius 1 is 1.04 bits per heavy atom. The quantitative estimate of drug-likeness (QED) is 0.858. The Labute approximate surface area is 165 Å². The zero-order valence-corrected chi connectivity index (χ0v) is 16.5. The van der Waals surface area contributed by atoms with Crippen LogP contribution in [0.25, 0.3) is 0 Å². The number of nitrogens with zero attached hydrogens (tertiary/aromatic N) is 2. The summed E-state index contributed by atoms with van der Waals surface area (Å²) < 4.78 is 0. The lowest BCUT2D eigenvalue weighted by Crippen LogP contribution is -2.56. The molecule has 2 aromatic rings. The van der Waals surface area contributed by atoms with Gasteiger partial charge in [0, 0.05) is 43.5 Å². The van der Waals surface area contributed by atoms with Crippen molar-refractivity contribution in [2.45, 2.75) is 37.8 Å². The highest BCUT2D eigenvalue weighted by molar-refractivity contribution is 7.09. The molecule has 1 aromatic carbocycles. The van der Waals surface area contributed by atoms with Gasteiger partial charge in [0.1, 0.15) is 0 Å². The lowest BCUT2D eigenvalue weighted by Gasteiger charge is -2.41. The molecule has 4 rings (SSSR count). The molecule has 2 aliphatic rings. The van der Waals surface area contributed by atoms with E-state index in [0.717, 1.165) is 50.9 Å². The standard InChI is InChI=1S/C22H28N2O2S/c25-21(24-14-12-23(13-15-24)17-20-11-6-16-27-20)22(26,19-9-4-5-10-19)18-7-2-1-3-8-18/h1-3,6-8,11,16,19,26H,4-5,9-10,12-15,17H2/t22-/m0/s1. The Bertz CT molecular complexity index is 735. The molecule has 1 N–H and O–H groups in total. The van der Waals surface area contributed by atoms with Crippen molar-refractivity contribution >= 4 is 17.2 Å². The van der Waals surface area contributed by atoms with Gasteiger partial charge in [-0.15, -0.1) is 11.3 Å². The molecule has 0 radical (unpaired) electrons. The van der Waals surface area contributed by atoms with E-state index in [1.54, 1.807) is 11.3 Å². The van der Waals surface area contributed by atoms with E-state index in [1.807, 2.05) is 35.2 Å². The normalized spacial score (nSPS) is 21.3. The van der Waals surface area contributed by atoms with E-state index in [9.17, 15) is 9.90 Å². The van der Waals surface area contributed by atoms with E-state index in [0.29, 0.717) is 13.1 Å². The summed E-state index contributed by atoms with van der Waals surface area (Å²) in [7, 11) is 0. The SMILES string of the molecule is O=C(N1CCN(Cc2cccs2)CC1)[C@](O)(c1ccccc1)C1CCCC1. The first-order valence-electron chi connectivity index (χ1n) is 10.00. The van der Waals surface area contributed by atoms with E-state index in [2.05, 4.69) is 22.4 Å². The van der Waals surface area contributed by atoms with Gasteiger partial charge < -0.3 is 10.0 Å². The van der Waals surface area contributed by atoms with Crippen LogP contribution in [0.1, 0.15) is 36.1 Å². The van der Waals surface area contributed by atoms with Gasteiger partial charge in [-0.05, 0) is 29.9 Å². The lowest BCUT2D eigenvalue weighted by atomic mass is 9.79. The zero-order chi connectivity index (χ0) is 18.7. The molecule has 1 amide bonds. The fourth-order valence-electron chi connectivity index (χ4n) is 4.54. The molecule has 5 heteroatoms. The molecule has 0 spiro atoms. The second-order valence-corrected chi connectivity index (χ2v) is 8.79. The summed E-state index contributed by atoms with van der Waals surface area (Å²) in [5, 5.41) is 13.8. The molecular weight excluding hydrogens is 356 g/mol. The third kappa shape index (κ3) is 3.82. The van der Waals surface area contributed by atoms with E-state index in [1.165, 1.54) is 4.88 Å². The van der Waals surface area contributed by atoms with Crippen LogP contribution in [0.4, 0.5) is 0 Å². The van der Waals surface area contributed by atoms with Crippen LogP contribution in [0.3, 0.4) is 0 Å². The number of hydrogen-bond acceptors (Lipinski definition) is 4. The molecule has 1 aliphatic carbocycles. The Hall–Kier alpha value is -1.69. The van der Waals surface area contributed by atoms with Gasteiger partial charge in [0.05, 0.1) is 0 Å². The molecule has 1 aliphatic heterocycles. The fourth-order valence-corrected chi connectivity index (χ4v) is 5.29. The molecule has 1 atom stereocenters. The highest BCUT2D eigenvalue weighted by atomic mass is 32.1. The van der Waals surface area contributed by atoms with Gasteiger partial charge in [-0.3, -0.25) is 9.69 Å². The van der Waals surface area contributed by atoms with Crippen LogP contribution in [-0.4, -0.2) is 47.0 Å². The minimum atomic E-state index is -1.38. The van der Waals surface area contributed by atoms with Crippen molar-refractivity contribution in [1.29, 1.82) is 0 Å². The number of amides is 1. The maximum absolute atomic E-state index is 13.5. The summed E-state index contributed by atoms with van der Waals surface area (Å²) in [5.41, 5.74) is -0.629. The van der Waals surface area contributed by atoms with Gasteiger partial charge in [0.2, 0.25) is 0 Å². The van der Waals surface area contributed by atoms with Crippen LogP contribution >= 0.6 is 11.3 Å². The number of aliphatic hydroxyl groups is 1. The second-order valence-electron chi connectivity index (χ2n) is 7.76. The summed E-state index contributed by atoms with van der Waals surface area (Å²) in [5.74, 6) is -0.0760. The Balaban J connectivity index is 1.47. The van der Waals surface area contributed by atoms with Gasteiger partial charge in [0.25, 0.3) is 5.91 Å². The van der Waals surface area contributed by atoms with Crippen molar-refractivity contribution in [1.82, 2.24) is 9.80 Å². The first-order valence-corrected chi connectivity index (χ1v) is 10.9. The minimum absolute atomic E-state index is 0.0246. The predicted octanol–water partition coefficient (Wildman–Crippen LogP) is 3.47. The van der Waals surface area contributed by atoms with Crippen molar-refractivity contribution in [3.8, 4) is 0 Å². The van der Waals surface area contributed by atoms with Crippen LogP contribution < -0.4 is 0 Å². The van der Waals surface area contributed by atoms with Gasteiger partial charge >= 0.3 is 0 Å². The van der Waals surface area contributed by atoms with E-state index >= 15 is 0 Å². The maximum Gasteiger partial charge on any atom is 0.259 e. The number of carbonyl (C=O) groups excluding carboxylic acids is 1. The van der Waals surface area contributed by atoms with Crippen molar-refractivity contribution in [3.05, 3.63) is 58.3 Å². The van der Waals surface area contributed by atoms with Gasteiger partial charge in [-0.1, -0.05) is 49.2 Å². The molecule has 4 nitrogen and oxygen atoms in total. The average Bonchev–Trinajstić information content (AvgIpc) is 3.42. The molecule has 2 fully saturated rings. The minimum Gasteiger partial charge on any atom is -0.375 e. The summed E-state index contributed by atoms with van der Waals surface area (Å²) in [4.78, 5) is 19.1.